The van der Waals surface area contributed by atoms with Crippen LogP contribution in [0.15, 0.2) is 285 Å². The standard InChI is InChI=1S/C92H72B2N6O/c1-90(2,3)87-48-57-47-71-80(55-79(57)100(87)60-31-15-10-16-32-60)95(58-27-11-8-12-28-58)84-52-63(99-76-40-24-19-35-66(76)67-36-20-25-41-77(67)99)53-86-89(84)94(71)73-54-72-81(56-85(73)101-86)96(59-29-13-9-14-30-59)82-50-62(98-74-38-22-17-33-64(74)65-34-18-23-39-75(65)98)51-83-88(82)93(72)70-37-21-26-42-78(70)97(83)61-43-44-68-69(49-61)92(6,7)46-45-91(68,4)5/h8-44,47-56H,45-46H2,1-7H3. The summed E-state index contributed by atoms with van der Waals surface area (Å²) >= 11 is 0. The summed E-state index contributed by atoms with van der Waals surface area (Å²) < 4.78 is 15.4. The van der Waals surface area contributed by atoms with E-state index in [1.165, 1.54) is 99.2 Å². The van der Waals surface area contributed by atoms with Gasteiger partial charge in [0.1, 0.15) is 11.5 Å². The number of hydrogen-bond donors (Lipinski definition) is 0. The predicted molar refractivity (Wildman–Crippen MR) is 426 cm³/mol. The Morgan fingerprint density at radius 2 is 0.762 bits per heavy atom. The first-order valence-corrected chi connectivity index (χ1v) is 35.9. The number of rotatable bonds is 6. The van der Waals surface area contributed by atoms with Gasteiger partial charge in [0, 0.05) is 102 Å². The molecule has 0 bridgehead atoms. The SMILES string of the molecule is CC(C)(C)c1cc2cc3c(cc2n1-c1ccccc1)N(c1ccccc1)c1cc(-n2c4ccccc4c4ccccc42)cc2c1B3c1cc3c(cc1O2)N(c1ccccc1)c1cc(-n2c4ccccc4c4ccccc42)cc2c1B3c1ccccc1N2c1ccc2c(c1)C(C)(C)CCC2(C)C. The van der Waals surface area contributed by atoms with E-state index >= 15 is 0 Å². The fourth-order valence-corrected chi connectivity index (χ4v) is 18.6. The molecule has 0 spiro atoms. The Morgan fingerprint density at radius 3 is 1.33 bits per heavy atom. The number of anilines is 9. The first-order chi connectivity index (χ1) is 49.2. The third-order valence-electron chi connectivity index (χ3n) is 23.3. The highest BCUT2D eigenvalue weighted by molar-refractivity contribution is 7.02. The highest BCUT2D eigenvalue weighted by Crippen LogP contribution is 2.53. The van der Waals surface area contributed by atoms with Crippen molar-refractivity contribution in [2.24, 2.45) is 0 Å². The molecule has 0 atom stereocenters. The molecule has 101 heavy (non-hydrogen) atoms. The molecule has 13 aromatic carbocycles. The Balaban J connectivity index is 0.875. The van der Waals surface area contributed by atoms with Gasteiger partial charge in [-0.05, 0) is 182 Å². The molecule has 0 radical (unpaired) electrons. The van der Waals surface area contributed by atoms with Crippen LogP contribution in [-0.2, 0) is 16.2 Å². The first kappa shape index (κ1) is 58.3. The van der Waals surface area contributed by atoms with E-state index in [9.17, 15) is 0 Å². The van der Waals surface area contributed by atoms with Crippen molar-refractivity contribution in [1.29, 1.82) is 0 Å². The molecule has 0 saturated carbocycles. The number of ether oxygens (including phenoxy) is 1. The molecule has 0 unspecified atom stereocenters. The molecular weight excluding hydrogens is 1230 g/mol. The lowest BCUT2D eigenvalue weighted by molar-refractivity contribution is 0.332. The van der Waals surface area contributed by atoms with Crippen LogP contribution in [0.2, 0.25) is 0 Å². The summed E-state index contributed by atoms with van der Waals surface area (Å²) in [4.78, 5) is 7.74. The highest BCUT2D eigenvalue weighted by Gasteiger charge is 2.49. The zero-order chi connectivity index (χ0) is 67.5. The van der Waals surface area contributed by atoms with E-state index in [4.69, 9.17) is 4.74 Å². The summed E-state index contributed by atoms with van der Waals surface area (Å²) in [6.45, 7) is 16.4. The third-order valence-corrected chi connectivity index (χ3v) is 23.3. The third kappa shape index (κ3) is 8.32. The normalized spacial score (nSPS) is 15.1. The number of hydrogen-bond acceptors (Lipinski definition) is 4. The monoisotopic (exact) mass is 1300 g/mol. The van der Waals surface area contributed by atoms with Crippen LogP contribution in [0.25, 0.3) is 71.6 Å². The molecule has 0 saturated heterocycles. The smallest absolute Gasteiger partial charge is 0.256 e. The van der Waals surface area contributed by atoms with E-state index in [-0.39, 0.29) is 29.7 Å². The van der Waals surface area contributed by atoms with Crippen LogP contribution < -0.4 is 52.2 Å². The van der Waals surface area contributed by atoms with Crippen LogP contribution in [0.3, 0.4) is 0 Å². The lowest BCUT2D eigenvalue weighted by Crippen LogP contribution is -2.64. The number of aromatic nitrogens is 3. The average Bonchev–Trinajstić information content (AvgIpc) is 1.12. The van der Waals surface area contributed by atoms with Crippen molar-refractivity contribution >= 4 is 152 Å². The maximum atomic E-state index is 7.96. The van der Waals surface area contributed by atoms with E-state index in [1.807, 2.05) is 0 Å². The van der Waals surface area contributed by atoms with Crippen molar-refractivity contribution < 1.29 is 4.74 Å². The molecule has 7 heterocycles. The number of nitrogens with zero attached hydrogens (tertiary/aromatic N) is 6. The number of fused-ring (bicyclic) bond motifs is 16. The Hall–Kier alpha value is -11.7. The van der Waals surface area contributed by atoms with Gasteiger partial charge in [-0.1, -0.05) is 212 Å². The van der Waals surface area contributed by atoms with Crippen LogP contribution >= 0.6 is 0 Å². The average molecular weight is 1300 g/mol. The van der Waals surface area contributed by atoms with Crippen LogP contribution in [0.1, 0.15) is 78.1 Å². The maximum Gasteiger partial charge on any atom is 0.256 e. The van der Waals surface area contributed by atoms with Gasteiger partial charge < -0.3 is 33.1 Å². The molecular formula is C92H72B2N6O. The van der Waals surface area contributed by atoms with Crippen LogP contribution in [0.4, 0.5) is 51.2 Å². The van der Waals surface area contributed by atoms with Crippen molar-refractivity contribution in [3.05, 3.63) is 302 Å². The molecule has 1 aliphatic carbocycles. The van der Waals surface area contributed by atoms with E-state index in [0.717, 1.165) is 97.5 Å². The van der Waals surface area contributed by atoms with Crippen LogP contribution in [0, 0.1) is 0 Å². The second kappa shape index (κ2) is 20.9. The van der Waals surface area contributed by atoms with Gasteiger partial charge in [0.05, 0.1) is 39.0 Å². The van der Waals surface area contributed by atoms with Gasteiger partial charge in [-0.2, -0.15) is 0 Å². The summed E-state index contributed by atoms with van der Waals surface area (Å²) in [5.74, 6) is 1.69. The summed E-state index contributed by atoms with van der Waals surface area (Å²) in [6.07, 6.45) is 2.27. The molecule has 0 fully saturated rings. The molecule has 7 nitrogen and oxygen atoms in total. The summed E-state index contributed by atoms with van der Waals surface area (Å²) in [7, 11) is 0. The molecule has 9 heteroatoms. The van der Waals surface area contributed by atoms with Gasteiger partial charge in [-0.15, -0.1) is 0 Å². The van der Waals surface area contributed by atoms with Gasteiger partial charge in [-0.25, -0.2) is 0 Å². The largest absolute Gasteiger partial charge is 0.458 e. The quantitative estimate of drug-likeness (QED) is 0.155. The highest BCUT2D eigenvalue weighted by atomic mass is 16.5. The van der Waals surface area contributed by atoms with Crippen molar-refractivity contribution in [3.63, 3.8) is 0 Å². The number of benzene rings is 13. The molecule has 0 N–H and O–H groups in total. The summed E-state index contributed by atoms with van der Waals surface area (Å²) in [5.41, 5.74) is 30.5. The molecule has 16 aromatic rings. The predicted octanol–water partition coefficient (Wildman–Crippen LogP) is 20.0. The van der Waals surface area contributed by atoms with Gasteiger partial charge in [-0.3, -0.25) is 0 Å². The Kier molecular flexibility index (Phi) is 12.1. The number of para-hydroxylation sites is 8. The zero-order valence-electron chi connectivity index (χ0n) is 57.8. The topological polar surface area (TPSA) is 33.7 Å². The molecule has 4 aliphatic heterocycles. The van der Waals surface area contributed by atoms with E-state index < -0.39 is 0 Å². The van der Waals surface area contributed by atoms with Crippen LogP contribution in [-0.4, -0.2) is 27.1 Å². The molecule has 0 amide bonds. The van der Waals surface area contributed by atoms with E-state index in [2.05, 4.69) is 362 Å². The van der Waals surface area contributed by atoms with Gasteiger partial charge >= 0.3 is 0 Å². The Labute approximate surface area is 589 Å². The fourth-order valence-electron chi connectivity index (χ4n) is 18.6. The Bertz CT molecular complexity index is 6110. The van der Waals surface area contributed by atoms with Crippen molar-refractivity contribution in [2.45, 2.75) is 77.6 Å². The van der Waals surface area contributed by atoms with Gasteiger partial charge in [0.15, 0.2) is 0 Å². The second-order valence-corrected chi connectivity index (χ2v) is 31.1. The Morgan fingerprint density at radius 1 is 0.307 bits per heavy atom. The van der Waals surface area contributed by atoms with Crippen molar-refractivity contribution in [3.8, 4) is 28.6 Å². The summed E-state index contributed by atoms with van der Waals surface area (Å²) in [5, 5.41) is 6.08. The first-order valence-electron chi connectivity index (χ1n) is 35.9. The van der Waals surface area contributed by atoms with E-state index in [0.29, 0.717) is 0 Å². The fraction of sp³-hybridized carbons (Fsp3) is 0.130. The minimum absolute atomic E-state index is 0.0133. The van der Waals surface area contributed by atoms with Crippen molar-refractivity contribution in [2.75, 3.05) is 14.7 Å². The molecule has 21 rings (SSSR count). The minimum Gasteiger partial charge on any atom is -0.458 e. The van der Waals surface area contributed by atoms with Gasteiger partial charge in [0.2, 0.25) is 0 Å². The lowest BCUT2D eigenvalue weighted by Gasteiger charge is -2.46. The summed E-state index contributed by atoms with van der Waals surface area (Å²) in [6, 6.07) is 108. The minimum atomic E-state index is -0.249. The molecule has 482 valence electrons. The molecule has 5 aliphatic rings. The lowest BCUT2D eigenvalue weighted by atomic mass is 9.30. The van der Waals surface area contributed by atoms with Crippen LogP contribution in [0.5, 0.6) is 11.5 Å². The maximum absolute atomic E-state index is 7.96. The molecule has 3 aromatic heterocycles. The zero-order valence-corrected chi connectivity index (χ0v) is 57.8. The van der Waals surface area contributed by atoms with Gasteiger partial charge in [0.25, 0.3) is 13.4 Å². The van der Waals surface area contributed by atoms with E-state index in [1.54, 1.807) is 0 Å². The van der Waals surface area contributed by atoms with Crippen molar-refractivity contribution in [1.82, 2.24) is 13.7 Å². The second-order valence-electron chi connectivity index (χ2n) is 31.1.